The second-order valence-corrected chi connectivity index (χ2v) is 5.50. The van der Waals surface area contributed by atoms with Gasteiger partial charge in [0.05, 0.1) is 0 Å². The van der Waals surface area contributed by atoms with Crippen LogP contribution in [-0.2, 0) is 0 Å². The van der Waals surface area contributed by atoms with E-state index in [0.29, 0.717) is 0 Å². The Labute approximate surface area is 114 Å². The van der Waals surface area contributed by atoms with Gasteiger partial charge in [0.2, 0.25) is 5.69 Å². The molecule has 1 aromatic heterocycles. The summed E-state index contributed by atoms with van der Waals surface area (Å²) in [7, 11) is 0. The van der Waals surface area contributed by atoms with Crippen molar-refractivity contribution in [2.24, 2.45) is 0 Å². The van der Waals surface area contributed by atoms with Gasteiger partial charge in [-0.3, -0.25) is 0 Å². The molecule has 1 heterocycles. The van der Waals surface area contributed by atoms with Crippen molar-refractivity contribution in [2.45, 2.75) is 26.3 Å². The van der Waals surface area contributed by atoms with E-state index in [-0.39, 0.29) is 0 Å². The molecule has 0 aliphatic rings. The van der Waals surface area contributed by atoms with Crippen LogP contribution in [0.5, 0.6) is 0 Å². The Bertz CT molecular complexity index is 583. The number of benzene rings is 1. The zero-order valence-electron chi connectivity index (χ0n) is 11.6. The fraction of sp³-hybridized carbons (Fsp3) is 0.250. The minimum Gasteiger partial charge on any atom is -0.623 e. The first kappa shape index (κ1) is 13.3. The number of pyridine rings is 1. The van der Waals surface area contributed by atoms with Crippen LogP contribution in [0.1, 0.15) is 26.3 Å². The number of hydrogen-bond donors (Lipinski definition) is 0. The van der Waals surface area contributed by atoms with E-state index in [9.17, 15) is 5.21 Å². The van der Waals surface area contributed by atoms with Gasteiger partial charge in [-0.05, 0) is 6.07 Å². The molecule has 0 spiro atoms. The van der Waals surface area contributed by atoms with Crippen LogP contribution in [0.15, 0.2) is 54.9 Å². The standard InChI is InChI=1S/C16H19N2O/c1-16(2,3)18(19)13-14-8-7-9-15(12-14)17-10-5-4-6-11-17/h4-13H,1-3H3/q+1/b18-13-. The molecule has 0 N–H and O–H groups in total. The summed E-state index contributed by atoms with van der Waals surface area (Å²) < 4.78 is 3.01. The molecule has 19 heavy (non-hydrogen) atoms. The topological polar surface area (TPSA) is 29.9 Å². The van der Waals surface area contributed by atoms with Crippen LogP contribution in [0.4, 0.5) is 0 Å². The second kappa shape index (κ2) is 5.22. The SMILES string of the molecule is CC(C)(C)/[N+]([O-])=C/c1cccc(-[n+]2ccccc2)c1. The Morgan fingerprint density at radius 2 is 1.74 bits per heavy atom. The van der Waals surface area contributed by atoms with Crippen LogP contribution in [0, 0.1) is 5.21 Å². The molecule has 0 aliphatic heterocycles. The summed E-state index contributed by atoms with van der Waals surface area (Å²) in [6.07, 6.45) is 5.60. The maximum absolute atomic E-state index is 11.9. The van der Waals surface area contributed by atoms with Crippen LogP contribution in [0.2, 0.25) is 0 Å². The zero-order valence-corrected chi connectivity index (χ0v) is 11.6. The summed E-state index contributed by atoms with van der Waals surface area (Å²) in [5.74, 6) is 0. The molecule has 0 fully saturated rings. The van der Waals surface area contributed by atoms with Crippen LogP contribution in [-0.4, -0.2) is 16.5 Å². The van der Waals surface area contributed by atoms with Crippen molar-refractivity contribution in [2.75, 3.05) is 0 Å². The van der Waals surface area contributed by atoms with E-state index in [4.69, 9.17) is 0 Å². The first-order valence-electron chi connectivity index (χ1n) is 6.35. The normalized spacial score (nSPS) is 12.5. The van der Waals surface area contributed by atoms with Crippen LogP contribution >= 0.6 is 0 Å². The Morgan fingerprint density at radius 3 is 2.37 bits per heavy atom. The van der Waals surface area contributed by atoms with Crippen molar-refractivity contribution in [3.8, 4) is 5.69 Å². The molecule has 2 rings (SSSR count). The summed E-state index contributed by atoms with van der Waals surface area (Å²) in [5, 5.41) is 11.9. The Balaban J connectivity index is 2.36. The predicted molar refractivity (Wildman–Crippen MR) is 76.5 cm³/mol. The molecule has 0 saturated heterocycles. The lowest BCUT2D eigenvalue weighted by atomic mass is 10.1. The van der Waals surface area contributed by atoms with Gasteiger partial charge in [-0.2, -0.15) is 4.57 Å². The Hall–Kier alpha value is -2.16. The lowest BCUT2D eigenvalue weighted by molar-refractivity contribution is -0.595. The number of rotatable bonds is 2. The molecule has 98 valence electrons. The van der Waals surface area contributed by atoms with Gasteiger partial charge in [-0.15, -0.1) is 0 Å². The highest BCUT2D eigenvalue weighted by Gasteiger charge is 2.18. The molecule has 0 saturated carbocycles. The molecule has 3 nitrogen and oxygen atoms in total. The largest absolute Gasteiger partial charge is 0.623 e. The van der Waals surface area contributed by atoms with Gasteiger partial charge in [0.15, 0.2) is 24.1 Å². The van der Waals surface area contributed by atoms with E-state index < -0.39 is 5.54 Å². The van der Waals surface area contributed by atoms with Crippen molar-refractivity contribution in [1.29, 1.82) is 0 Å². The molecular formula is C16H19N2O+. The van der Waals surface area contributed by atoms with E-state index in [2.05, 4.69) is 0 Å². The highest BCUT2D eigenvalue weighted by molar-refractivity contribution is 5.76. The molecule has 3 heteroatoms. The van der Waals surface area contributed by atoms with Crippen LogP contribution < -0.4 is 4.57 Å². The van der Waals surface area contributed by atoms with Crippen molar-refractivity contribution in [3.05, 3.63) is 65.6 Å². The Morgan fingerprint density at radius 1 is 1.05 bits per heavy atom. The van der Waals surface area contributed by atoms with Crippen LogP contribution in [0.3, 0.4) is 0 Å². The second-order valence-electron chi connectivity index (χ2n) is 5.50. The summed E-state index contributed by atoms with van der Waals surface area (Å²) >= 11 is 0. The van der Waals surface area contributed by atoms with Gasteiger partial charge in [0.25, 0.3) is 0 Å². The smallest absolute Gasteiger partial charge is 0.211 e. The third-order valence-corrected chi connectivity index (χ3v) is 2.81. The highest BCUT2D eigenvalue weighted by Crippen LogP contribution is 2.08. The molecule has 0 amide bonds. The minimum absolute atomic E-state index is 0.421. The summed E-state index contributed by atoms with van der Waals surface area (Å²) in [6.45, 7) is 5.69. The van der Waals surface area contributed by atoms with Crippen molar-refractivity contribution in [3.63, 3.8) is 0 Å². The molecular weight excluding hydrogens is 236 g/mol. The van der Waals surface area contributed by atoms with E-state index in [1.54, 1.807) is 6.21 Å². The third kappa shape index (κ3) is 3.41. The first-order chi connectivity index (χ1) is 8.97. The molecule has 0 aliphatic carbocycles. The lowest BCUT2D eigenvalue weighted by Gasteiger charge is -2.18. The first-order valence-corrected chi connectivity index (χ1v) is 6.35. The molecule has 0 atom stereocenters. The highest BCUT2D eigenvalue weighted by atomic mass is 16.5. The van der Waals surface area contributed by atoms with Gasteiger partial charge in [-0.1, -0.05) is 12.1 Å². The van der Waals surface area contributed by atoms with E-state index in [0.717, 1.165) is 16.0 Å². The molecule has 0 bridgehead atoms. The molecule has 1 aromatic carbocycles. The number of hydrogen-bond acceptors (Lipinski definition) is 1. The minimum atomic E-state index is -0.421. The molecule has 0 radical (unpaired) electrons. The molecule has 2 aromatic rings. The lowest BCUT2D eigenvalue weighted by Crippen LogP contribution is -2.30. The third-order valence-electron chi connectivity index (χ3n) is 2.81. The summed E-state index contributed by atoms with van der Waals surface area (Å²) in [5.41, 5.74) is 1.52. The van der Waals surface area contributed by atoms with Gasteiger partial charge in [0, 0.05) is 50.6 Å². The fourth-order valence-electron chi connectivity index (χ4n) is 1.67. The quantitative estimate of drug-likeness (QED) is 0.351. The number of nitrogens with zero attached hydrogens (tertiary/aromatic N) is 2. The fourth-order valence-corrected chi connectivity index (χ4v) is 1.67. The maximum Gasteiger partial charge on any atom is 0.211 e. The van der Waals surface area contributed by atoms with Crippen molar-refractivity contribution in [1.82, 2.24) is 0 Å². The van der Waals surface area contributed by atoms with E-state index in [1.807, 2.05) is 80.2 Å². The van der Waals surface area contributed by atoms with Crippen molar-refractivity contribution < 1.29 is 9.31 Å². The predicted octanol–water partition coefficient (Wildman–Crippen LogP) is 2.69. The average molecular weight is 255 g/mol. The monoisotopic (exact) mass is 255 g/mol. The Kier molecular flexibility index (Phi) is 3.65. The summed E-state index contributed by atoms with van der Waals surface area (Å²) in [4.78, 5) is 0. The maximum atomic E-state index is 11.9. The van der Waals surface area contributed by atoms with Gasteiger partial charge < -0.3 is 5.21 Å². The number of aromatic nitrogens is 1. The average Bonchev–Trinajstić information content (AvgIpc) is 2.39. The summed E-state index contributed by atoms with van der Waals surface area (Å²) in [6, 6.07) is 13.8. The van der Waals surface area contributed by atoms with Crippen molar-refractivity contribution >= 4 is 6.21 Å². The zero-order chi connectivity index (χ0) is 13.9. The van der Waals surface area contributed by atoms with Gasteiger partial charge >= 0.3 is 0 Å². The molecule has 0 unspecified atom stereocenters. The van der Waals surface area contributed by atoms with Crippen LogP contribution in [0.25, 0.3) is 5.69 Å². The van der Waals surface area contributed by atoms with Gasteiger partial charge in [0.1, 0.15) is 0 Å². The van der Waals surface area contributed by atoms with Gasteiger partial charge in [-0.25, -0.2) is 4.74 Å². The van der Waals surface area contributed by atoms with E-state index >= 15 is 0 Å². The van der Waals surface area contributed by atoms with E-state index in [1.165, 1.54) is 0 Å². The number of hydroxylamine groups is 1.